The van der Waals surface area contributed by atoms with Crippen LogP contribution in [0.25, 0.3) is 0 Å². The Morgan fingerprint density at radius 3 is 1.09 bits per heavy atom. The summed E-state index contributed by atoms with van der Waals surface area (Å²) in [5.41, 5.74) is 11.8. The van der Waals surface area contributed by atoms with Gasteiger partial charge in [-0.1, -0.05) is 141 Å². The standard InChI is InChI=1S/C50H53BO6/c1-5-26-54-47-38-20-13-24-42(47)30-44-32-46(51(52-3)53-4)33-45(50(44)55-27-6-2)31-43-25-15-23-41(49(43)57-35-37-18-11-8-12-19-37)29-40-22-14-21-39(28-38)48(40)56-34-36-16-9-7-10-17-36/h7-25,32-33H,5-6,26-31,34-35H2,1-4H3. The van der Waals surface area contributed by atoms with Crippen molar-refractivity contribution in [3.8, 4) is 23.0 Å². The van der Waals surface area contributed by atoms with Crippen LogP contribution >= 0.6 is 0 Å². The highest BCUT2D eigenvalue weighted by Gasteiger charge is 2.26. The van der Waals surface area contributed by atoms with E-state index in [-0.39, 0.29) is 0 Å². The maximum atomic E-state index is 6.89. The van der Waals surface area contributed by atoms with Gasteiger partial charge in [-0.15, -0.1) is 0 Å². The third-order valence-electron chi connectivity index (χ3n) is 10.4. The Labute approximate surface area is 338 Å². The number of benzene rings is 6. The molecule has 8 bridgehead atoms. The van der Waals surface area contributed by atoms with Gasteiger partial charge in [0.15, 0.2) is 0 Å². The zero-order valence-corrected chi connectivity index (χ0v) is 33.7. The van der Waals surface area contributed by atoms with Crippen LogP contribution in [-0.4, -0.2) is 34.6 Å². The molecule has 0 saturated carbocycles. The fourth-order valence-corrected chi connectivity index (χ4v) is 7.73. The molecule has 57 heavy (non-hydrogen) atoms. The van der Waals surface area contributed by atoms with E-state index in [2.05, 4.69) is 129 Å². The Balaban J connectivity index is 1.45. The molecule has 0 radical (unpaired) electrons. The second-order valence-corrected chi connectivity index (χ2v) is 14.6. The van der Waals surface area contributed by atoms with Gasteiger partial charge < -0.3 is 28.3 Å². The van der Waals surface area contributed by atoms with E-state index in [9.17, 15) is 0 Å². The first-order chi connectivity index (χ1) is 28.1. The second-order valence-electron chi connectivity index (χ2n) is 14.6. The van der Waals surface area contributed by atoms with Crippen LogP contribution in [0.15, 0.2) is 127 Å². The lowest BCUT2D eigenvalue weighted by Crippen LogP contribution is -2.35. The minimum Gasteiger partial charge on any atom is -0.493 e. The minimum absolute atomic E-state index is 0.442. The number of ether oxygens (including phenoxy) is 4. The molecule has 292 valence electrons. The maximum absolute atomic E-state index is 6.89. The molecular weight excluding hydrogens is 707 g/mol. The van der Waals surface area contributed by atoms with Crippen molar-refractivity contribution < 1.29 is 28.3 Å². The van der Waals surface area contributed by atoms with Crippen LogP contribution in [0.2, 0.25) is 0 Å². The van der Waals surface area contributed by atoms with Crippen molar-refractivity contribution in [3.05, 3.63) is 183 Å². The van der Waals surface area contributed by atoms with Gasteiger partial charge in [0, 0.05) is 39.9 Å². The van der Waals surface area contributed by atoms with E-state index in [0.717, 1.165) is 96.9 Å². The van der Waals surface area contributed by atoms with E-state index in [1.54, 1.807) is 14.2 Å². The highest BCUT2D eigenvalue weighted by Crippen LogP contribution is 2.39. The van der Waals surface area contributed by atoms with E-state index < -0.39 is 7.12 Å². The van der Waals surface area contributed by atoms with Gasteiger partial charge >= 0.3 is 7.12 Å². The average Bonchev–Trinajstić information content (AvgIpc) is 3.23. The molecule has 0 fully saturated rings. The van der Waals surface area contributed by atoms with E-state index in [4.69, 9.17) is 28.3 Å². The van der Waals surface area contributed by atoms with Gasteiger partial charge in [0.25, 0.3) is 0 Å². The molecule has 0 aliphatic heterocycles. The molecule has 1 aliphatic carbocycles. The monoisotopic (exact) mass is 760 g/mol. The number of rotatable bonds is 15. The second kappa shape index (κ2) is 19.6. The van der Waals surface area contributed by atoms with Crippen LogP contribution in [0.3, 0.4) is 0 Å². The smallest absolute Gasteiger partial charge is 0.493 e. The van der Waals surface area contributed by atoms with Gasteiger partial charge in [0.1, 0.15) is 36.2 Å². The third-order valence-corrected chi connectivity index (χ3v) is 10.4. The lowest BCUT2D eigenvalue weighted by molar-refractivity contribution is 0.291. The quantitative estimate of drug-likeness (QED) is 0.0971. The molecule has 0 atom stereocenters. The SMILES string of the molecule is CCCOc1c2cccc1Cc1cccc(c1OCc1ccccc1)Cc1cccc(c1OCc1ccccc1)Cc1cc(B(OC)OC)cc(c1OCCC)C2. The Morgan fingerprint density at radius 2 is 0.737 bits per heavy atom. The molecule has 6 aromatic rings. The highest BCUT2D eigenvalue weighted by atomic mass is 16.6. The van der Waals surface area contributed by atoms with Crippen molar-refractivity contribution in [1.29, 1.82) is 0 Å². The number of hydrogen-bond donors (Lipinski definition) is 0. The van der Waals surface area contributed by atoms with Crippen molar-refractivity contribution in [1.82, 2.24) is 0 Å². The molecule has 6 nitrogen and oxygen atoms in total. The Morgan fingerprint density at radius 1 is 0.404 bits per heavy atom. The summed E-state index contributed by atoms with van der Waals surface area (Å²) < 4.78 is 38.9. The van der Waals surface area contributed by atoms with Crippen LogP contribution in [0.1, 0.15) is 82.3 Å². The van der Waals surface area contributed by atoms with Crippen molar-refractivity contribution in [2.45, 2.75) is 65.6 Å². The summed E-state index contributed by atoms with van der Waals surface area (Å²) in [4.78, 5) is 0. The van der Waals surface area contributed by atoms with Gasteiger partial charge in [-0.05, 0) is 73.9 Å². The third kappa shape index (κ3) is 9.73. The summed E-state index contributed by atoms with van der Waals surface area (Å²) in [7, 11) is 2.81. The van der Waals surface area contributed by atoms with Gasteiger partial charge in [-0.3, -0.25) is 0 Å². The molecule has 0 spiro atoms. The lowest BCUT2D eigenvalue weighted by Gasteiger charge is -2.24. The maximum Gasteiger partial charge on any atom is 0.493 e. The van der Waals surface area contributed by atoms with Crippen LogP contribution < -0.4 is 24.4 Å². The van der Waals surface area contributed by atoms with Gasteiger partial charge in [0.05, 0.1) is 13.2 Å². The van der Waals surface area contributed by atoms with Gasteiger partial charge in [-0.25, -0.2) is 0 Å². The summed E-state index contributed by atoms with van der Waals surface area (Å²) in [6, 6.07) is 44.6. The van der Waals surface area contributed by atoms with E-state index in [0.29, 0.717) is 52.1 Å². The molecule has 7 rings (SSSR count). The first-order valence-electron chi connectivity index (χ1n) is 20.2. The van der Waals surface area contributed by atoms with Crippen molar-refractivity contribution in [3.63, 3.8) is 0 Å². The summed E-state index contributed by atoms with van der Waals surface area (Å²) in [6.45, 7) is 6.40. The van der Waals surface area contributed by atoms with Crippen molar-refractivity contribution in [2.24, 2.45) is 0 Å². The molecule has 0 unspecified atom stereocenters. The zero-order chi connectivity index (χ0) is 39.4. The predicted molar refractivity (Wildman–Crippen MR) is 230 cm³/mol. The fraction of sp³-hybridized carbons (Fsp3) is 0.280. The van der Waals surface area contributed by atoms with Crippen molar-refractivity contribution in [2.75, 3.05) is 27.4 Å². The first-order valence-corrected chi connectivity index (χ1v) is 20.2. The van der Waals surface area contributed by atoms with Gasteiger partial charge in [0.2, 0.25) is 0 Å². The van der Waals surface area contributed by atoms with Gasteiger partial charge in [-0.2, -0.15) is 0 Å². The summed E-state index contributed by atoms with van der Waals surface area (Å²) in [6.07, 6.45) is 4.22. The number of hydrogen-bond acceptors (Lipinski definition) is 6. The van der Waals surface area contributed by atoms with Crippen LogP contribution in [0.4, 0.5) is 0 Å². The lowest BCUT2D eigenvalue weighted by atomic mass is 9.76. The summed E-state index contributed by atoms with van der Waals surface area (Å²) >= 11 is 0. The molecule has 1 aliphatic rings. The van der Waals surface area contributed by atoms with E-state index in [1.165, 1.54) is 0 Å². The Bertz CT molecular complexity index is 2220. The Kier molecular flexibility index (Phi) is 13.6. The highest BCUT2D eigenvalue weighted by molar-refractivity contribution is 6.61. The molecule has 0 N–H and O–H groups in total. The number of fused-ring (bicyclic) bond motifs is 8. The predicted octanol–water partition coefficient (Wildman–Crippen LogP) is 10.1. The van der Waals surface area contributed by atoms with Crippen LogP contribution in [0, 0.1) is 0 Å². The van der Waals surface area contributed by atoms with Crippen LogP contribution in [-0.2, 0) is 48.2 Å². The largest absolute Gasteiger partial charge is 0.493 e. The molecule has 0 amide bonds. The summed E-state index contributed by atoms with van der Waals surface area (Å²) in [5, 5.41) is 0. The minimum atomic E-state index is -0.546. The average molecular weight is 761 g/mol. The Hall–Kier alpha value is -5.50. The molecular formula is C50H53BO6. The van der Waals surface area contributed by atoms with E-state index >= 15 is 0 Å². The topological polar surface area (TPSA) is 55.4 Å². The molecule has 0 saturated heterocycles. The molecule has 6 aromatic carbocycles. The number of para-hydroxylation sites is 3. The fourth-order valence-electron chi connectivity index (χ4n) is 7.73. The normalized spacial score (nSPS) is 12.1. The molecule has 0 aromatic heterocycles. The molecule has 0 heterocycles. The zero-order valence-electron chi connectivity index (χ0n) is 33.7. The summed E-state index contributed by atoms with van der Waals surface area (Å²) in [5.74, 6) is 3.56. The van der Waals surface area contributed by atoms with E-state index in [1.807, 2.05) is 12.1 Å². The van der Waals surface area contributed by atoms with Crippen LogP contribution in [0.5, 0.6) is 23.0 Å². The first kappa shape index (κ1) is 39.7. The van der Waals surface area contributed by atoms with Crippen molar-refractivity contribution >= 4 is 12.6 Å². The molecule has 7 heteroatoms.